The van der Waals surface area contributed by atoms with Crippen LogP contribution in [0.3, 0.4) is 0 Å². The molecule has 0 amide bonds. The van der Waals surface area contributed by atoms with Gasteiger partial charge >= 0.3 is 0 Å². The van der Waals surface area contributed by atoms with Crippen molar-refractivity contribution in [2.24, 2.45) is 5.92 Å². The minimum absolute atomic E-state index is 0.268. The van der Waals surface area contributed by atoms with Crippen LogP contribution in [-0.4, -0.2) is 41.6 Å². The fourth-order valence-electron chi connectivity index (χ4n) is 6.43. The lowest BCUT2D eigenvalue weighted by atomic mass is 9.69. The van der Waals surface area contributed by atoms with Crippen LogP contribution in [0.15, 0.2) is 53.4 Å². The molecule has 2 N–H and O–H groups in total. The maximum absolute atomic E-state index is 12.4. The van der Waals surface area contributed by atoms with Crippen molar-refractivity contribution >= 4 is 34.3 Å². The minimum Gasteiger partial charge on any atom is -0.481 e. The third-order valence-corrected chi connectivity index (χ3v) is 9.17. The Hall–Kier alpha value is -1.79. The molecule has 2 aliphatic rings. The first kappa shape index (κ1) is 25.8. The van der Waals surface area contributed by atoms with Crippen LogP contribution in [0, 0.1) is 5.92 Å². The van der Waals surface area contributed by atoms with E-state index < -0.39 is 5.60 Å². The highest BCUT2D eigenvalue weighted by Gasteiger charge is 2.44. The largest absolute Gasteiger partial charge is 0.481 e. The lowest BCUT2D eigenvalue weighted by Crippen LogP contribution is -2.52. The van der Waals surface area contributed by atoms with Crippen molar-refractivity contribution in [2.75, 3.05) is 19.9 Å². The number of rotatable bonds is 7. The fraction of sp³-hybridized carbons (Fsp3) is 0.500. The molecule has 1 aromatic heterocycles. The number of hydrogen-bond donors (Lipinski definition) is 2. The van der Waals surface area contributed by atoms with Gasteiger partial charge in [0, 0.05) is 32.8 Å². The van der Waals surface area contributed by atoms with Crippen LogP contribution in [-0.2, 0) is 0 Å². The van der Waals surface area contributed by atoms with Gasteiger partial charge < -0.3 is 15.2 Å². The molecule has 0 radical (unpaired) electrons. The summed E-state index contributed by atoms with van der Waals surface area (Å²) < 4.78 is 5.85. The van der Waals surface area contributed by atoms with E-state index in [1.165, 1.54) is 37.0 Å². The van der Waals surface area contributed by atoms with Gasteiger partial charge in [0.1, 0.15) is 0 Å². The highest BCUT2D eigenvalue weighted by Crippen LogP contribution is 2.46. The first-order chi connectivity index (χ1) is 17.5. The molecule has 3 unspecified atom stereocenters. The third-order valence-electron chi connectivity index (χ3n) is 8.19. The van der Waals surface area contributed by atoms with E-state index in [9.17, 15) is 5.11 Å². The van der Waals surface area contributed by atoms with Crippen molar-refractivity contribution in [3.05, 3.63) is 64.7 Å². The normalized spacial score (nSPS) is 24.1. The van der Waals surface area contributed by atoms with E-state index in [0.29, 0.717) is 29.8 Å². The van der Waals surface area contributed by atoms with Crippen molar-refractivity contribution in [3.63, 3.8) is 0 Å². The second-order valence-corrected chi connectivity index (χ2v) is 11.9. The molecule has 5 rings (SSSR count). The van der Waals surface area contributed by atoms with Crippen molar-refractivity contribution in [3.8, 4) is 5.88 Å². The Morgan fingerprint density at radius 3 is 2.64 bits per heavy atom. The quantitative estimate of drug-likeness (QED) is 0.320. The summed E-state index contributed by atoms with van der Waals surface area (Å²) in [6.07, 6.45) is 11.3. The van der Waals surface area contributed by atoms with Crippen LogP contribution < -0.4 is 10.1 Å². The first-order valence-corrected chi connectivity index (χ1v) is 14.8. The first-order valence-electron chi connectivity index (χ1n) is 13.2. The van der Waals surface area contributed by atoms with Crippen LogP contribution in [0.1, 0.15) is 68.4 Å². The summed E-state index contributed by atoms with van der Waals surface area (Å²) in [4.78, 5) is 6.08. The molecule has 2 fully saturated rings. The predicted octanol–water partition coefficient (Wildman–Crippen LogP) is 7.20. The molecule has 2 aromatic carbocycles. The summed E-state index contributed by atoms with van der Waals surface area (Å²) in [5.41, 5.74) is 1.96. The Morgan fingerprint density at radius 1 is 1.14 bits per heavy atom. The van der Waals surface area contributed by atoms with Crippen LogP contribution in [0.25, 0.3) is 10.9 Å². The highest BCUT2D eigenvalue weighted by molar-refractivity contribution is 7.98. The summed E-state index contributed by atoms with van der Waals surface area (Å²) in [5.74, 6) is 1.07. The Labute approximate surface area is 224 Å². The molecule has 4 nitrogen and oxygen atoms in total. The van der Waals surface area contributed by atoms with Gasteiger partial charge in [0.15, 0.2) is 0 Å². The number of nitrogens with zero attached hydrogens (tertiary/aromatic N) is 1. The number of aliphatic hydroxyl groups is 1. The molecule has 0 bridgehead atoms. The number of piperidine rings is 1. The number of halogens is 1. The topological polar surface area (TPSA) is 54.4 Å². The van der Waals surface area contributed by atoms with E-state index >= 15 is 0 Å². The Bertz CT molecular complexity index is 1180. The number of pyridine rings is 1. The maximum Gasteiger partial charge on any atom is 0.217 e. The van der Waals surface area contributed by atoms with Crippen molar-refractivity contribution in [1.82, 2.24) is 10.3 Å². The highest BCUT2D eigenvalue weighted by atomic mass is 35.5. The smallest absolute Gasteiger partial charge is 0.217 e. The molecule has 6 heteroatoms. The summed E-state index contributed by atoms with van der Waals surface area (Å²) in [6.45, 7) is 0.803. The number of aromatic nitrogens is 1. The van der Waals surface area contributed by atoms with E-state index in [2.05, 4.69) is 29.8 Å². The number of benzene rings is 2. The number of hydrogen-bond acceptors (Lipinski definition) is 5. The van der Waals surface area contributed by atoms with Crippen molar-refractivity contribution < 1.29 is 9.84 Å². The number of methoxy groups -OCH3 is 1. The van der Waals surface area contributed by atoms with Gasteiger partial charge in [0.2, 0.25) is 5.88 Å². The Kier molecular flexibility index (Phi) is 8.11. The average molecular weight is 525 g/mol. The summed E-state index contributed by atoms with van der Waals surface area (Å²) in [6, 6.07) is 16.7. The van der Waals surface area contributed by atoms with Gasteiger partial charge in [0.05, 0.1) is 18.2 Å². The molecule has 1 aliphatic heterocycles. The molecule has 1 saturated carbocycles. The van der Waals surface area contributed by atoms with E-state index in [-0.39, 0.29) is 5.92 Å². The molecule has 36 heavy (non-hydrogen) atoms. The molecular formula is C30H37ClN2O2S. The number of ether oxygens (including phenoxy) is 1. The monoisotopic (exact) mass is 524 g/mol. The minimum atomic E-state index is -0.918. The van der Waals surface area contributed by atoms with Gasteiger partial charge in [-0.05, 0) is 79.9 Å². The second-order valence-electron chi connectivity index (χ2n) is 10.6. The lowest BCUT2D eigenvalue weighted by molar-refractivity contribution is -0.0226. The van der Waals surface area contributed by atoms with E-state index in [1.54, 1.807) is 18.9 Å². The molecule has 3 aromatic rings. The van der Waals surface area contributed by atoms with Crippen molar-refractivity contribution in [1.29, 1.82) is 0 Å². The molecular weight excluding hydrogens is 488 g/mol. The van der Waals surface area contributed by atoms with Gasteiger partial charge in [-0.25, -0.2) is 4.98 Å². The zero-order chi connectivity index (χ0) is 25.1. The van der Waals surface area contributed by atoms with Gasteiger partial charge in [-0.2, -0.15) is 0 Å². The number of fused-ring (bicyclic) bond motifs is 1. The molecule has 192 valence electrons. The van der Waals surface area contributed by atoms with E-state index in [1.807, 2.05) is 30.3 Å². The van der Waals surface area contributed by atoms with Gasteiger partial charge in [-0.1, -0.05) is 55.8 Å². The average Bonchev–Trinajstić information content (AvgIpc) is 2.89. The maximum atomic E-state index is 12.4. The zero-order valence-electron chi connectivity index (χ0n) is 21.3. The van der Waals surface area contributed by atoms with Gasteiger partial charge in [0.25, 0.3) is 0 Å². The Morgan fingerprint density at radius 2 is 1.92 bits per heavy atom. The zero-order valence-corrected chi connectivity index (χ0v) is 22.9. The number of thioether (sulfide) groups is 1. The van der Waals surface area contributed by atoms with E-state index in [0.717, 1.165) is 40.9 Å². The van der Waals surface area contributed by atoms with Crippen LogP contribution in [0.5, 0.6) is 5.88 Å². The molecule has 0 spiro atoms. The summed E-state index contributed by atoms with van der Waals surface area (Å²) in [7, 11) is 1.67. The second kappa shape index (κ2) is 11.3. The lowest BCUT2D eigenvalue weighted by Gasteiger charge is -2.44. The van der Waals surface area contributed by atoms with Gasteiger partial charge in [-0.3, -0.25) is 0 Å². The number of nitrogens with one attached hydrogen (secondary N) is 1. The SMILES string of the molecule is COc1nc2ccc(SC)cc2cc1C(c1ccc(Cl)cc1)C1(O)CCNC(CC2CCCCC2)C1. The van der Waals surface area contributed by atoms with Crippen LogP contribution >= 0.6 is 23.4 Å². The van der Waals surface area contributed by atoms with Crippen molar-refractivity contribution in [2.45, 2.75) is 73.8 Å². The van der Waals surface area contributed by atoms with Crippen LogP contribution in [0.4, 0.5) is 0 Å². The predicted molar refractivity (Wildman–Crippen MR) is 151 cm³/mol. The van der Waals surface area contributed by atoms with E-state index in [4.69, 9.17) is 21.3 Å². The Balaban J connectivity index is 1.57. The van der Waals surface area contributed by atoms with Crippen LogP contribution in [0.2, 0.25) is 5.02 Å². The molecule has 1 saturated heterocycles. The summed E-state index contributed by atoms with van der Waals surface area (Å²) in [5, 5.41) is 17.9. The van der Waals surface area contributed by atoms with Gasteiger partial charge in [-0.15, -0.1) is 11.8 Å². The third kappa shape index (κ3) is 5.55. The molecule has 2 heterocycles. The fourth-order valence-corrected chi connectivity index (χ4v) is 7.01. The standard InChI is InChI=1S/C30H37ClN2O2S/c1-35-29-26(18-22-17-25(36-2)12-13-27(22)33-29)28(21-8-10-23(31)11-9-21)30(34)14-15-32-24(19-30)16-20-6-4-3-5-7-20/h8-13,17-18,20,24,28,32,34H,3-7,14-16,19H2,1-2H3. The summed E-state index contributed by atoms with van der Waals surface area (Å²) >= 11 is 7.99. The molecule has 1 aliphatic carbocycles. The molecule has 3 atom stereocenters.